The van der Waals surface area contributed by atoms with E-state index in [2.05, 4.69) is 25.2 Å². The van der Waals surface area contributed by atoms with Gasteiger partial charge in [-0.1, -0.05) is 6.07 Å². The molecule has 1 N–H and O–H groups in total. The Labute approximate surface area is 222 Å². The van der Waals surface area contributed by atoms with E-state index >= 15 is 0 Å². The summed E-state index contributed by atoms with van der Waals surface area (Å²) in [6.07, 6.45) is 4.23. The maximum Gasteiger partial charge on any atom is 0.162 e. The molecule has 2 aromatic carbocycles. The van der Waals surface area contributed by atoms with Gasteiger partial charge in [0.2, 0.25) is 0 Å². The van der Waals surface area contributed by atoms with E-state index in [1.165, 1.54) is 0 Å². The molecule has 0 aliphatic carbocycles. The normalized spacial score (nSPS) is 13.8. The van der Waals surface area contributed by atoms with E-state index in [4.69, 9.17) is 18.9 Å². The molecule has 5 rings (SSSR count). The lowest BCUT2D eigenvalue weighted by atomic mass is 10.1. The average molecular weight is 516 g/mol. The number of nitrogens with zero attached hydrogens (tertiary/aromatic N) is 4. The fourth-order valence-electron chi connectivity index (χ4n) is 4.39. The molecular weight excluding hydrogens is 482 g/mol. The van der Waals surface area contributed by atoms with Gasteiger partial charge in [-0.15, -0.1) is 0 Å². The van der Waals surface area contributed by atoms with E-state index in [-0.39, 0.29) is 0 Å². The van der Waals surface area contributed by atoms with Crippen LogP contribution >= 0.6 is 0 Å². The number of aromatic nitrogens is 3. The molecule has 0 unspecified atom stereocenters. The molecule has 1 aliphatic heterocycles. The predicted molar refractivity (Wildman–Crippen MR) is 146 cm³/mol. The van der Waals surface area contributed by atoms with Gasteiger partial charge in [-0.3, -0.25) is 9.88 Å². The molecular formula is C29H33N5O4. The Morgan fingerprint density at radius 3 is 2.63 bits per heavy atom. The maximum absolute atomic E-state index is 6.14. The predicted octanol–water partition coefficient (Wildman–Crippen LogP) is 4.77. The van der Waals surface area contributed by atoms with E-state index in [0.717, 1.165) is 72.9 Å². The summed E-state index contributed by atoms with van der Waals surface area (Å²) in [7, 11) is 1.64. The summed E-state index contributed by atoms with van der Waals surface area (Å²) in [5, 5.41) is 4.28. The van der Waals surface area contributed by atoms with Gasteiger partial charge in [0.15, 0.2) is 11.5 Å². The third-order valence-electron chi connectivity index (χ3n) is 6.44. The minimum absolute atomic E-state index is 0.419. The van der Waals surface area contributed by atoms with Crippen molar-refractivity contribution in [2.75, 3.05) is 51.9 Å². The molecule has 9 nitrogen and oxygen atoms in total. The number of aryl methyl sites for hydroxylation is 1. The number of anilines is 2. The number of hydrogen-bond donors (Lipinski definition) is 1. The number of benzene rings is 2. The van der Waals surface area contributed by atoms with Gasteiger partial charge < -0.3 is 24.3 Å². The monoisotopic (exact) mass is 515 g/mol. The molecule has 4 aromatic rings. The third kappa shape index (κ3) is 6.48. The Hall–Kier alpha value is -3.95. The van der Waals surface area contributed by atoms with Crippen molar-refractivity contribution in [3.8, 4) is 17.2 Å². The summed E-state index contributed by atoms with van der Waals surface area (Å²) in [4.78, 5) is 15.7. The zero-order valence-corrected chi connectivity index (χ0v) is 21.9. The van der Waals surface area contributed by atoms with Gasteiger partial charge >= 0.3 is 0 Å². The molecule has 0 bridgehead atoms. The minimum atomic E-state index is 0.419. The van der Waals surface area contributed by atoms with Crippen molar-refractivity contribution in [3.63, 3.8) is 0 Å². The van der Waals surface area contributed by atoms with Gasteiger partial charge in [-0.2, -0.15) is 0 Å². The van der Waals surface area contributed by atoms with Crippen molar-refractivity contribution < 1.29 is 18.9 Å². The lowest BCUT2D eigenvalue weighted by Gasteiger charge is -2.26. The molecule has 3 heterocycles. The molecule has 1 fully saturated rings. The van der Waals surface area contributed by atoms with Gasteiger partial charge in [0.25, 0.3) is 0 Å². The van der Waals surface area contributed by atoms with E-state index in [1.54, 1.807) is 19.6 Å². The van der Waals surface area contributed by atoms with Crippen LogP contribution in [0.3, 0.4) is 0 Å². The van der Waals surface area contributed by atoms with Crippen LogP contribution < -0.4 is 19.5 Å². The molecule has 9 heteroatoms. The first-order valence-corrected chi connectivity index (χ1v) is 12.9. The number of hydrogen-bond acceptors (Lipinski definition) is 9. The van der Waals surface area contributed by atoms with Crippen LogP contribution in [-0.2, 0) is 11.3 Å². The molecule has 0 radical (unpaired) electrons. The van der Waals surface area contributed by atoms with Crippen molar-refractivity contribution in [2.24, 2.45) is 0 Å². The van der Waals surface area contributed by atoms with E-state index in [9.17, 15) is 0 Å². The molecule has 2 aromatic heterocycles. The highest BCUT2D eigenvalue weighted by Crippen LogP contribution is 2.35. The van der Waals surface area contributed by atoms with Crippen LogP contribution in [-0.4, -0.2) is 66.4 Å². The largest absolute Gasteiger partial charge is 0.493 e. The Kier molecular flexibility index (Phi) is 8.47. The SMILES string of the molecule is COc1cc2ncnc(Nc3ccc(OCc4ccccn4)c(C)c3)c2cc1OCCCN1CCOCC1. The summed E-state index contributed by atoms with van der Waals surface area (Å²) < 4.78 is 23.1. The molecule has 0 saturated carbocycles. The minimum Gasteiger partial charge on any atom is -0.493 e. The van der Waals surface area contributed by atoms with Gasteiger partial charge in [0, 0.05) is 43.0 Å². The fraction of sp³-hybridized carbons (Fsp3) is 0.345. The zero-order chi connectivity index (χ0) is 26.2. The maximum atomic E-state index is 6.14. The Bertz CT molecular complexity index is 1350. The lowest BCUT2D eigenvalue weighted by Crippen LogP contribution is -2.37. The van der Waals surface area contributed by atoms with E-state index in [0.29, 0.717) is 30.5 Å². The van der Waals surface area contributed by atoms with Gasteiger partial charge in [-0.05, 0) is 55.3 Å². The second-order valence-electron chi connectivity index (χ2n) is 9.11. The number of ether oxygens (including phenoxy) is 4. The van der Waals surface area contributed by atoms with Gasteiger partial charge in [0.05, 0.1) is 38.1 Å². The quantitative estimate of drug-likeness (QED) is 0.284. The van der Waals surface area contributed by atoms with Crippen LogP contribution in [0.4, 0.5) is 11.5 Å². The molecule has 38 heavy (non-hydrogen) atoms. The second-order valence-corrected chi connectivity index (χ2v) is 9.11. The molecule has 0 atom stereocenters. The van der Waals surface area contributed by atoms with Gasteiger partial charge in [0.1, 0.15) is 24.5 Å². The fourth-order valence-corrected chi connectivity index (χ4v) is 4.39. The Balaban J connectivity index is 1.27. The van der Waals surface area contributed by atoms with Crippen LogP contribution in [0.5, 0.6) is 17.2 Å². The molecule has 198 valence electrons. The van der Waals surface area contributed by atoms with Crippen molar-refractivity contribution in [2.45, 2.75) is 20.0 Å². The molecule has 1 aliphatic rings. The van der Waals surface area contributed by atoms with Crippen molar-refractivity contribution in [3.05, 3.63) is 72.3 Å². The molecule has 0 amide bonds. The van der Waals surface area contributed by atoms with Crippen LogP contribution in [0.15, 0.2) is 61.1 Å². The highest BCUT2D eigenvalue weighted by Gasteiger charge is 2.14. The first kappa shape index (κ1) is 25.7. The summed E-state index contributed by atoms with van der Waals surface area (Å²) in [5.41, 5.74) is 3.56. The second kappa shape index (κ2) is 12.5. The number of methoxy groups -OCH3 is 1. The number of nitrogens with one attached hydrogen (secondary N) is 1. The average Bonchev–Trinajstić information content (AvgIpc) is 2.96. The number of morpholine rings is 1. The standard InChI is InChI=1S/C29H33N5O4/c1-21-16-22(7-8-26(21)38-19-23-6-3-4-9-30-23)33-29-24-17-28(27(35-2)18-25(24)31-20-32-29)37-13-5-10-34-11-14-36-15-12-34/h3-4,6-9,16-18,20H,5,10-15,19H2,1-2H3,(H,31,32,33). The molecule has 0 spiro atoms. The summed E-state index contributed by atoms with van der Waals surface area (Å²) in [5.74, 6) is 2.83. The summed E-state index contributed by atoms with van der Waals surface area (Å²) in [6, 6.07) is 15.6. The van der Waals surface area contributed by atoms with Crippen molar-refractivity contribution >= 4 is 22.4 Å². The Morgan fingerprint density at radius 2 is 1.84 bits per heavy atom. The smallest absolute Gasteiger partial charge is 0.162 e. The molecule has 1 saturated heterocycles. The summed E-state index contributed by atoms with van der Waals surface area (Å²) >= 11 is 0. The third-order valence-corrected chi connectivity index (χ3v) is 6.44. The summed E-state index contributed by atoms with van der Waals surface area (Å²) in [6.45, 7) is 7.56. The van der Waals surface area contributed by atoms with Crippen molar-refractivity contribution in [1.29, 1.82) is 0 Å². The van der Waals surface area contributed by atoms with Crippen LogP contribution in [0, 0.1) is 6.92 Å². The number of pyridine rings is 1. The first-order valence-electron chi connectivity index (χ1n) is 12.9. The topological polar surface area (TPSA) is 90.9 Å². The zero-order valence-electron chi connectivity index (χ0n) is 21.9. The lowest BCUT2D eigenvalue weighted by molar-refractivity contribution is 0.0357. The highest BCUT2D eigenvalue weighted by molar-refractivity contribution is 5.93. The first-order chi connectivity index (χ1) is 18.7. The van der Waals surface area contributed by atoms with Gasteiger partial charge in [-0.25, -0.2) is 9.97 Å². The van der Waals surface area contributed by atoms with Crippen molar-refractivity contribution in [1.82, 2.24) is 19.9 Å². The number of rotatable bonds is 11. The van der Waals surface area contributed by atoms with Crippen LogP contribution in [0.2, 0.25) is 0 Å². The Morgan fingerprint density at radius 1 is 0.947 bits per heavy atom. The highest BCUT2D eigenvalue weighted by atomic mass is 16.5. The van der Waals surface area contributed by atoms with E-state index in [1.807, 2.05) is 55.5 Å². The number of fused-ring (bicyclic) bond motifs is 1. The van der Waals surface area contributed by atoms with E-state index < -0.39 is 0 Å². The van der Waals surface area contributed by atoms with Crippen LogP contribution in [0.1, 0.15) is 17.7 Å². The van der Waals surface area contributed by atoms with Crippen LogP contribution in [0.25, 0.3) is 10.9 Å².